The number of rotatable bonds is 2. The monoisotopic (exact) mass is 353 g/mol. The standard InChI is InChI=1S/C22H27NO3/c1-2-14-7-8-22(25)17-11-15-5-6-16(24)19-18(15)21(22,20(14)26-19)9-10-23(17)12-13-3-4-13/h2,5-6,13,17,20,24-25H,3-4,7-12H2,1H3/t17-,20+,21+,22-/m1/s1. The minimum atomic E-state index is -0.761. The predicted molar refractivity (Wildman–Crippen MR) is 98.5 cm³/mol. The van der Waals surface area contributed by atoms with Crippen LogP contribution < -0.4 is 4.74 Å². The maximum Gasteiger partial charge on any atom is 0.166 e. The molecule has 2 aliphatic heterocycles. The fourth-order valence-corrected chi connectivity index (χ4v) is 6.63. The Labute approximate surface area is 154 Å². The second-order valence-electron chi connectivity index (χ2n) is 9.11. The van der Waals surface area contributed by atoms with Crippen molar-refractivity contribution in [3.8, 4) is 11.5 Å². The number of nitrogens with zero attached hydrogens (tertiary/aromatic N) is 1. The molecule has 0 amide bonds. The Hall–Kier alpha value is -1.52. The molecule has 1 aromatic rings. The lowest BCUT2D eigenvalue weighted by atomic mass is 9.48. The minimum Gasteiger partial charge on any atom is -0.504 e. The molecule has 3 aliphatic carbocycles. The van der Waals surface area contributed by atoms with E-state index < -0.39 is 5.60 Å². The summed E-state index contributed by atoms with van der Waals surface area (Å²) >= 11 is 0. The lowest BCUT2D eigenvalue weighted by Gasteiger charge is -2.63. The maximum atomic E-state index is 12.2. The van der Waals surface area contributed by atoms with Gasteiger partial charge in [-0.05, 0) is 75.1 Å². The fraction of sp³-hybridized carbons (Fsp3) is 0.636. The van der Waals surface area contributed by atoms with Crippen molar-refractivity contribution in [2.75, 3.05) is 13.1 Å². The van der Waals surface area contributed by atoms with E-state index in [1.165, 1.54) is 24.0 Å². The van der Waals surface area contributed by atoms with Crippen molar-refractivity contribution in [2.45, 2.75) is 68.6 Å². The molecule has 2 heterocycles. The van der Waals surface area contributed by atoms with E-state index in [9.17, 15) is 10.2 Å². The van der Waals surface area contributed by atoms with Gasteiger partial charge in [0.05, 0.1) is 11.0 Å². The molecule has 0 aromatic heterocycles. The summed E-state index contributed by atoms with van der Waals surface area (Å²) in [6, 6.07) is 4.02. The first-order valence-electron chi connectivity index (χ1n) is 10.2. The van der Waals surface area contributed by atoms with E-state index in [2.05, 4.69) is 24.0 Å². The third-order valence-corrected chi connectivity index (χ3v) is 8.02. The molecule has 2 saturated carbocycles. The van der Waals surface area contributed by atoms with Gasteiger partial charge >= 0.3 is 0 Å². The highest BCUT2D eigenvalue weighted by Gasteiger charge is 2.72. The molecule has 4 atom stereocenters. The summed E-state index contributed by atoms with van der Waals surface area (Å²) < 4.78 is 6.41. The SMILES string of the molecule is CC=C1CC[C@@]2(O)[C@H]3Cc4ccc(O)c5c4[C@@]2(CCN3CC2CC2)[C@H]1O5. The first kappa shape index (κ1) is 15.5. The number of phenols is 1. The zero-order valence-electron chi connectivity index (χ0n) is 15.4. The van der Waals surface area contributed by atoms with Crippen molar-refractivity contribution in [3.05, 3.63) is 34.9 Å². The van der Waals surface area contributed by atoms with Crippen molar-refractivity contribution in [2.24, 2.45) is 5.92 Å². The van der Waals surface area contributed by atoms with Crippen LogP contribution in [0.3, 0.4) is 0 Å². The normalized spacial score (nSPS) is 41.8. The van der Waals surface area contributed by atoms with E-state index >= 15 is 0 Å². The number of aliphatic hydroxyl groups is 1. The third kappa shape index (κ3) is 1.64. The lowest BCUT2D eigenvalue weighted by Crippen LogP contribution is -2.75. The predicted octanol–water partition coefficient (Wildman–Crippen LogP) is 2.90. The number of benzene rings is 1. The van der Waals surface area contributed by atoms with Crippen LogP contribution in [0.1, 0.15) is 50.2 Å². The average Bonchev–Trinajstić information content (AvgIpc) is 3.37. The molecule has 0 radical (unpaired) electrons. The van der Waals surface area contributed by atoms with Crippen LogP contribution in [0.15, 0.2) is 23.8 Å². The van der Waals surface area contributed by atoms with Crippen LogP contribution in [0.5, 0.6) is 11.5 Å². The third-order valence-electron chi connectivity index (χ3n) is 8.02. The second kappa shape index (κ2) is 4.85. The molecule has 2 bridgehead atoms. The Bertz CT molecular complexity index is 829. The first-order valence-corrected chi connectivity index (χ1v) is 10.2. The molecular formula is C22H27NO3. The summed E-state index contributed by atoms with van der Waals surface area (Å²) in [5, 5.41) is 22.7. The Balaban J connectivity index is 1.58. The van der Waals surface area contributed by atoms with Crippen molar-refractivity contribution in [1.82, 2.24) is 4.90 Å². The van der Waals surface area contributed by atoms with Crippen LogP contribution in [0.4, 0.5) is 0 Å². The smallest absolute Gasteiger partial charge is 0.166 e. The van der Waals surface area contributed by atoms with Gasteiger partial charge in [-0.3, -0.25) is 4.90 Å². The lowest BCUT2D eigenvalue weighted by molar-refractivity contribution is -0.174. The van der Waals surface area contributed by atoms with E-state index in [1.807, 2.05) is 0 Å². The van der Waals surface area contributed by atoms with E-state index in [0.29, 0.717) is 5.75 Å². The molecule has 3 fully saturated rings. The number of piperidine rings is 1. The van der Waals surface area contributed by atoms with Gasteiger partial charge in [0, 0.05) is 18.2 Å². The molecule has 5 aliphatic rings. The van der Waals surface area contributed by atoms with Crippen molar-refractivity contribution >= 4 is 0 Å². The number of ether oxygens (including phenoxy) is 1. The second-order valence-corrected chi connectivity index (χ2v) is 9.11. The van der Waals surface area contributed by atoms with Gasteiger partial charge in [-0.25, -0.2) is 0 Å². The van der Waals surface area contributed by atoms with E-state index in [-0.39, 0.29) is 23.3 Å². The molecule has 138 valence electrons. The highest BCUT2D eigenvalue weighted by atomic mass is 16.5. The van der Waals surface area contributed by atoms with Gasteiger partial charge in [0.1, 0.15) is 6.10 Å². The molecule has 2 N–H and O–H groups in total. The quantitative estimate of drug-likeness (QED) is 0.803. The average molecular weight is 353 g/mol. The number of aromatic hydroxyl groups is 1. The van der Waals surface area contributed by atoms with Gasteiger partial charge in [0.2, 0.25) is 0 Å². The first-order chi connectivity index (χ1) is 12.6. The summed E-state index contributed by atoms with van der Waals surface area (Å²) in [4.78, 5) is 2.58. The molecular weight excluding hydrogens is 326 g/mol. The van der Waals surface area contributed by atoms with Crippen LogP contribution in [0, 0.1) is 5.92 Å². The zero-order chi connectivity index (χ0) is 17.7. The number of likely N-dealkylation sites (tertiary alicyclic amines) is 1. The summed E-state index contributed by atoms with van der Waals surface area (Å²) in [5.74, 6) is 1.69. The maximum absolute atomic E-state index is 12.2. The number of allylic oxidation sites excluding steroid dienone is 1. The van der Waals surface area contributed by atoms with Crippen molar-refractivity contribution in [1.29, 1.82) is 0 Å². The Morgan fingerprint density at radius 2 is 2.15 bits per heavy atom. The molecule has 1 aromatic carbocycles. The summed E-state index contributed by atoms with van der Waals surface area (Å²) in [7, 11) is 0. The van der Waals surface area contributed by atoms with Crippen LogP contribution in [0.25, 0.3) is 0 Å². The van der Waals surface area contributed by atoms with Gasteiger partial charge in [0.25, 0.3) is 0 Å². The molecule has 26 heavy (non-hydrogen) atoms. The van der Waals surface area contributed by atoms with Crippen molar-refractivity contribution < 1.29 is 14.9 Å². The summed E-state index contributed by atoms with van der Waals surface area (Å²) in [6.07, 6.45) is 8.20. The molecule has 1 spiro atoms. The number of hydrogen-bond acceptors (Lipinski definition) is 4. The van der Waals surface area contributed by atoms with Crippen LogP contribution in [-0.4, -0.2) is 45.9 Å². The molecule has 6 rings (SSSR count). The summed E-state index contributed by atoms with van der Waals surface area (Å²) in [6.45, 7) is 4.23. The van der Waals surface area contributed by atoms with Crippen molar-refractivity contribution in [3.63, 3.8) is 0 Å². The van der Waals surface area contributed by atoms with Crippen LogP contribution >= 0.6 is 0 Å². The van der Waals surface area contributed by atoms with E-state index in [0.717, 1.165) is 50.3 Å². The molecule has 4 heteroatoms. The Morgan fingerprint density at radius 3 is 2.92 bits per heavy atom. The highest BCUT2D eigenvalue weighted by molar-refractivity contribution is 5.64. The van der Waals surface area contributed by atoms with Gasteiger partial charge in [-0.1, -0.05) is 12.1 Å². The molecule has 0 unspecified atom stereocenters. The Kier molecular flexibility index (Phi) is 2.89. The van der Waals surface area contributed by atoms with Gasteiger partial charge in [0.15, 0.2) is 11.5 Å². The molecule has 4 nitrogen and oxygen atoms in total. The number of hydrogen-bond donors (Lipinski definition) is 2. The summed E-state index contributed by atoms with van der Waals surface area (Å²) in [5.41, 5.74) is 2.52. The van der Waals surface area contributed by atoms with Crippen LogP contribution in [-0.2, 0) is 11.8 Å². The Morgan fingerprint density at radius 1 is 1.31 bits per heavy atom. The largest absolute Gasteiger partial charge is 0.504 e. The van der Waals surface area contributed by atoms with Gasteiger partial charge < -0.3 is 14.9 Å². The highest BCUT2D eigenvalue weighted by Crippen LogP contribution is 2.66. The van der Waals surface area contributed by atoms with E-state index in [4.69, 9.17) is 4.74 Å². The zero-order valence-corrected chi connectivity index (χ0v) is 15.4. The topological polar surface area (TPSA) is 52.9 Å². The van der Waals surface area contributed by atoms with Crippen LogP contribution in [0.2, 0.25) is 0 Å². The minimum absolute atomic E-state index is 0.126. The molecule has 1 saturated heterocycles. The fourth-order valence-electron chi connectivity index (χ4n) is 6.63. The van der Waals surface area contributed by atoms with Gasteiger partial charge in [-0.2, -0.15) is 0 Å². The van der Waals surface area contributed by atoms with E-state index in [1.54, 1.807) is 6.07 Å². The van der Waals surface area contributed by atoms with Gasteiger partial charge in [-0.15, -0.1) is 0 Å². The number of phenolic OH excluding ortho intramolecular Hbond substituents is 1.